The smallest absolute Gasteiger partial charge is 0.144 e. The Bertz CT molecular complexity index is 347. The van der Waals surface area contributed by atoms with Crippen LogP contribution in [0.15, 0.2) is 18.3 Å². The van der Waals surface area contributed by atoms with Crippen molar-refractivity contribution in [3.63, 3.8) is 0 Å². The Balaban J connectivity index is 2.73. The van der Waals surface area contributed by atoms with E-state index >= 15 is 0 Å². The maximum Gasteiger partial charge on any atom is 0.144 e. The van der Waals surface area contributed by atoms with Crippen molar-refractivity contribution in [3.05, 3.63) is 29.6 Å². The molecule has 0 N–H and O–H groups in total. The van der Waals surface area contributed by atoms with Gasteiger partial charge in [-0.2, -0.15) is 17.0 Å². The quantitative estimate of drug-likeness (QED) is 0.746. The van der Waals surface area contributed by atoms with Crippen molar-refractivity contribution in [1.29, 1.82) is 5.26 Å². The molecule has 2 nitrogen and oxygen atoms in total. The average molecular weight is 206 g/mol. The zero-order valence-corrected chi connectivity index (χ0v) is 9.56. The van der Waals surface area contributed by atoms with Crippen molar-refractivity contribution >= 4 is 11.8 Å². The van der Waals surface area contributed by atoms with Crippen molar-refractivity contribution in [2.75, 3.05) is 0 Å². The third-order valence-corrected chi connectivity index (χ3v) is 2.98. The van der Waals surface area contributed by atoms with Gasteiger partial charge >= 0.3 is 0 Å². The molecule has 3 heteroatoms. The van der Waals surface area contributed by atoms with Gasteiger partial charge < -0.3 is 0 Å². The molecule has 0 unspecified atom stereocenters. The lowest BCUT2D eigenvalue weighted by atomic mass is 10.2. The highest BCUT2D eigenvalue weighted by molar-refractivity contribution is 7.99. The largest absolute Gasteiger partial charge is 0.245 e. The molecule has 14 heavy (non-hydrogen) atoms. The van der Waals surface area contributed by atoms with E-state index in [1.807, 2.05) is 23.9 Å². The monoisotopic (exact) mass is 206 g/mol. The lowest BCUT2D eigenvalue weighted by molar-refractivity contribution is 0.802. The third-order valence-electron chi connectivity index (χ3n) is 1.66. The molecule has 0 spiro atoms. The molecule has 0 aliphatic rings. The summed E-state index contributed by atoms with van der Waals surface area (Å²) in [4.78, 5) is 4.02. The van der Waals surface area contributed by atoms with Crippen LogP contribution in [0.3, 0.4) is 0 Å². The van der Waals surface area contributed by atoms with Gasteiger partial charge in [0.05, 0.1) is 0 Å². The molecule has 0 saturated carbocycles. The molecule has 0 aliphatic heterocycles. The van der Waals surface area contributed by atoms with Crippen LogP contribution in [0.5, 0.6) is 0 Å². The fraction of sp³-hybridized carbons (Fsp3) is 0.455. The maximum atomic E-state index is 8.83. The van der Waals surface area contributed by atoms with Crippen LogP contribution in [0, 0.1) is 11.3 Å². The topological polar surface area (TPSA) is 36.7 Å². The Morgan fingerprint density at radius 3 is 2.79 bits per heavy atom. The number of hydrogen-bond acceptors (Lipinski definition) is 3. The second-order valence-corrected chi connectivity index (χ2v) is 5.83. The summed E-state index contributed by atoms with van der Waals surface area (Å²) in [5, 5.41) is 8.83. The second kappa shape index (κ2) is 4.47. The minimum atomic E-state index is 0.225. The SMILES string of the molecule is CC(C)(C)SCc1cccnc1C#N. The molecule has 0 saturated heterocycles. The summed E-state index contributed by atoms with van der Waals surface area (Å²) in [7, 11) is 0. The van der Waals surface area contributed by atoms with E-state index in [-0.39, 0.29) is 4.75 Å². The molecular weight excluding hydrogens is 192 g/mol. The van der Waals surface area contributed by atoms with Crippen molar-refractivity contribution in [1.82, 2.24) is 4.98 Å². The van der Waals surface area contributed by atoms with Crippen molar-refractivity contribution in [2.45, 2.75) is 31.3 Å². The van der Waals surface area contributed by atoms with Crippen LogP contribution < -0.4 is 0 Å². The number of aromatic nitrogens is 1. The number of rotatable bonds is 2. The highest BCUT2D eigenvalue weighted by Gasteiger charge is 2.12. The molecule has 74 valence electrons. The van der Waals surface area contributed by atoms with Crippen molar-refractivity contribution < 1.29 is 0 Å². The van der Waals surface area contributed by atoms with E-state index in [1.54, 1.807) is 6.20 Å². The van der Waals surface area contributed by atoms with E-state index in [4.69, 9.17) is 5.26 Å². The van der Waals surface area contributed by atoms with Gasteiger partial charge in [-0.05, 0) is 11.6 Å². The Labute approximate surface area is 89.4 Å². The Morgan fingerprint density at radius 1 is 1.50 bits per heavy atom. The first kappa shape index (κ1) is 11.1. The zero-order valence-electron chi connectivity index (χ0n) is 8.74. The van der Waals surface area contributed by atoms with Gasteiger partial charge in [0.15, 0.2) is 0 Å². The van der Waals surface area contributed by atoms with E-state index < -0.39 is 0 Å². The van der Waals surface area contributed by atoms with Gasteiger partial charge in [0.1, 0.15) is 11.8 Å². The highest BCUT2D eigenvalue weighted by atomic mass is 32.2. The molecule has 1 aromatic heterocycles. The van der Waals surface area contributed by atoms with Crippen LogP contribution >= 0.6 is 11.8 Å². The number of nitriles is 1. The third kappa shape index (κ3) is 3.39. The summed E-state index contributed by atoms with van der Waals surface area (Å²) in [6.07, 6.45) is 1.66. The van der Waals surface area contributed by atoms with E-state index in [1.165, 1.54) is 0 Å². The van der Waals surface area contributed by atoms with E-state index in [0.29, 0.717) is 5.69 Å². The van der Waals surface area contributed by atoms with Gasteiger partial charge in [-0.3, -0.25) is 0 Å². The van der Waals surface area contributed by atoms with Gasteiger partial charge in [0.2, 0.25) is 0 Å². The lowest BCUT2D eigenvalue weighted by Gasteiger charge is -2.17. The maximum absolute atomic E-state index is 8.83. The first-order valence-electron chi connectivity index (χ1n) is 4.51. The van der Waals surface area contributed by atoms with Crippen LogP contribution in [0.4, 0.5) is 0 Å². The molecule has 1 aromatic rings. The van der Waals surface area contributed by atoms with Gasteiger partial charge in [0, 0.05) is 16.7 Å². The summed E-state index contributed by atoms with van der Waals surface area (Å²) in [6, 6.07) is 5.94. The fourth-order valence-corrected chi connectivity index (χ4v) is 1.77. The molecule has 0 bridgehead atoms. The molecule has 0 aromatic carbocycles. The second-order valence-electron chi connectivity index (χ2n) is 4.02. The highest BCUT2D eigenvalue weighted by Crippen LogP contribution is 2.27. The molecule has 0 amide bonds. The van der Waals surface area contributed by atoms with E-state index in [0.717, 1.165) is 11.3 Å². The van der Waals surface area contributed by atoms with Gasteiger partial charge in [-0.1, -0.05) is 26.8 Å². The Hall–Kier alpha value is -1.01. The molecule has 0 radical (unpaired) electrons. The standard InChI is InChI=1S/C11H14N2S/c1-11(2,3)14-8-9-5-4-6-13-10(9)7-12/h4-6H,8H2,1-3H3. The first-order valence-corrected chi connectivity index (χ1v) is 5.49. The normalized spacial score (nSPS) is 11.0. The summed E-state index contributed by atoms with van der Waals surface area (Å²) in [5.41, 5.74) is 1.57. The average Bonchev–Trinajstić information content (AvgIpc) is 2.14. The van der Waals surface area contributed by atoms with Crippen LogP contribution in [0.2, 0.25) is 0 Å². The number of hydrogen-bond donors (Lipinski definition) is 0. The van der Waals surface area contributed by atoms with Crippen LogP contribution in [0.1, 0.15) is 32.0 Å². The predicted octanol–water partition coefficient (Wildman–Crippen LogP) is 2.98. The minimum Gasteiger partial charge on any atom is -0.245 e. The van der Waals surface area contributed by atoms with Crippen molar-refractivity contribution in [2.24, 2.45) is 0 Å². The van der Waals surface area contributed by atoms with Gasteiger partial charge in [-0.15, -0.1) is 0 Å². The zero-order chi connectivity index (χ0) is 10.6. The first-order chi connectivity index (χ1) is 6.53. The predicted molar refractivity (Wildman–Crippen MR) is 60.0 cm³/mol. The van der Waals surface area contributed by atoms with Crippen LogP contribution in [0.25, 0.3) is 0 Å². The van der Waals surface area contributed by atoms with Crippen LogP contribution in [-0.4, -0.2) is 9.73 Å². The fourth-order valence-electron chi connectivity index (χ4n) is 0.950. The minimum absolute atomic E-state index is 0.225. The van der Waals surface area contributed by atoms with Gasteiger partial charge in [-0.25, -0.2) is 4.98 Å². The molecule has 0 fully saturated rings. The van der Waals surface area contributed by atoms with E-state index in [9.17, 15) is 0 Å². The summed E-state index contributed by atoms with van der Waals surface area (Å²) in [6.45, 7) is 6.50. The molecular formula is C11H14N2S. The number of nitrogens with zero attached hydrogens (tertiary/aromatic N) is 2. The summed E-state index contributed by atoms with van der Waals surface area (Å²) < 4.78 is 0.225. The molecule has 1 rings (SSSR count). The van der Waals surface area contributed by atoms with E-state index in [2.05, 4.69) is 31.8 Å². The number of thioether (sulfide) groups is 1. The van der Waals surface area contributed by atoms with Gasteiger partial charge in [0.25, 0.3) is 0 Å². The van der Waals surface area contributed by atoms with Crippen molar-refractivity contribution in [3.8, 4) is 6.07 Å². The molecule has 0 aliphatic carbocycles. The Morgan fingerprint density at radius 2 is 2.21 bits per heavy atom. The lowest BCUT2D eigenvalue weighted by Crippen LogP contribution is -2.08. The Kier molecular flexibility index (Phi) is 3.54. The number of pyridine rings is 1. The molecule has 1 heterocycles. The van der Waals surface area contributed by atoms with Crippen LogP contribution in [-0.2, 0) is 5.75 Å². The molecule has 0 atom stereocenters. The summed E-state index contributed by atoms with van der Waals surface area (Å²) >= 11 is 1.83. The summed E-state index contributed by atoms with van der Waals surface area (Å²) in [5.74, 6) is 0.847.